The van der Waals surface area contributed by atoms with Gasteiger partial charge >= 0.3 is 0 Å². The number of amides is 1. The van der Waals surface area contributed by atoms with Crippen molar-refractivity contribution in [3.8, 4) is 16.9 Å². The molecule has 0 aliphatic carbocycles. The molecular formula is C22H23FN6O2. The Morgan fingerprint density at radius 1 is 1.16 bits per heavy atom. The van der Waals surface area contributed by atoms with E-state index in [0.29, 0.717) is 18.0 Å². The van der Waals surface area contributed by atoms with Crippen molar-refractivity contribution in [2.45, 2.75) is 20.3 Å². The Balaban J connectivity index is 1.63. The van der Waals surface area contributed by atoms with Crippen LogP contribution in [0, 0.1) is 19.7 Å². The van der Waals surface area contributed by atoms with Crippen molar-refractivity contribution < 1.29 is 13.9 Å². The van der Waals surface area contributed by atoms with E-state index in [0.717, 1.165) is 54.7 Å². The van der Waals surface area contributed by atoms with Crippen LogP contribution in [0.3, 0.4) is 0 Å². The van der Waals surface area contributed by atoms with Gasteiger partial charge in [0.25, 0.3) is 5.91 Å². The third-order valence-corrected chi connectivity index (χ3v) is 5.23. The number of carbonyl (C=O) groups is 1. The minimum Gasteiger partial charge on any atom is -0.492 e. The monoisotopic (exact) mass is 422 g/mol. The molecule has 1 saturated heterocycles. The first kappa shape index (κ1) is 20.8. The van der Waals surface area contributed by atoms with Gasteiger partial charge in [-0.3, -0.25) is 9.69 Å². The summed E-state index contributed by atoms with van der Waals surface area (Å²) in [4.78, 5) is 30.7. The molecule has 4 rings (SSSR count). The highest BCUT2D eigenvalue weighted by atomic mass is 19.1. The molecule has 0 bridgehead atoms. The molecule has 1 aliphatic heterocycles. The molecule has 1 aliphatic rings. The van der Waals surface area contributed by atoms with Crippen LogP contribution in [0.2, 0.25) is 0 Å². The lowest BCUT2D eigenvalue weighted by molar-refractivity contribution is 0.101. The number of benzene rings is 1. The van der Waals surface area contributed by atoms with E-state index < -0.39 is 11.7 Å². The van der Waals surface area contributed by atoms with Crippen molar-refractivity contribution >= 4 is 11.6 Å². The summed E-state index contributed by atoms with van der Waals surface area (Å²) >= 11 is 0. The highest BCUT2D eigenvalue weighted by molar-refractivity contribution is 6.03. The van der Waals surface area contributed by atoms with Gasteiger partial charge in [0.2, 0.25) is 0 Å². The van der Waals surface area contributed by atoms with E-state index in [1.54, 1.807) is 18.2 Å². The minimum absolute atomic E-state index is 0.318. The van der Waals surface area contributed by atoms with Crippen LogP contribution in [0.25, 0.3) is 11.1 Å². The number of likely N-dealkylation sites (tertiary alicyclic amines) is 1. The first-order valence-electron chi connectivity index (χ1n) is 10.1. The molecule has 1 aromatic carbocycles. The number of aromatic nitrogens is 4. The Bertz CT molecular complexity index is 1080. The number of hydrogen-bond acceptors (Lipinski definition) is 7. The molecule has 160 valence electrons. The normalized spacial score (nSPS) is 13.5. The molecule has 2 aromatic heterocycles. The average molecular weight is 422 g/mol. The zero-order valence-electron chi connectivity index (χ0n) is 17.4. The maximum atomic E-state index is 13.9. The Hall–Kier alpha value is -3.46. The van der Waals surface area contributed by atoms with E-state index in [2.05, 4.69) is 30.2 Å². The van der Waals surface area contributed by atoms with Gasteiger partial charge in [0.1, 0.15) is 25.0 Å². The van der Waals surface area contributed by atoms with Crippen molar-refractivity contribution in [3.63, 3.8) is 0 Å². The lowest BCUT2D eigenvalue weighted by Gasteiger charge is -2.30. The number of ether oxygens (including phenoxy) is 1. The summed E-state index contributed by atoms with van der Waals surface area (Å²) in [6, 6.07) is 5.30. The van der Waals surface area contributed by atoms with Gasteiger partial charge in [-0.2, -0.15) is 0 Å². The molecule has 0 atom stereocenters. The lowest BCUT2D eigenvalue weighted by atomic mass is 10.0. The summed E-state index contributed by atoms with van der Waals surface area (Å²) < 4.78 is 20.0. The lowest BCUT2D eigenvalue weighted by Crippen LogP contribution is -2.39. The molecule has 8 nitrogen and oxygen atoms in total. The highest BCUT2D eigenvalue weighted by Crippen LogP contribution is 2.35. The van der Waals surface area contributed by atoms with Crippen molar-refractivity contribution in [1.82, 2.24) is 24.8 Å². The van der Waals surface area contributed by atoms with E-state index >= 15 is 0 Å². The maximum absolute atomic E-state index is 13.9. The fraction of sp³-hybridized carbons (Fsp3) is 0.318. The molecule has 1 amide bonds. The summed E-state index contributed by atoms with van der Waals surface area (Å²) in [5, 5.41) is 2.69. The van der Waals surface area contributed by atoms with E-state index in [1.807, 2.05) is 13.8 Å². The van der Waals surface area contributed by atoms with Gasteiger partial charge in [0, 0.05) is 34.7 Å². The topological polar surface area (TPSA) is 93.1 Å². The van der Waals surface area contributed by atoms with Crippen molar-refractivity contribution in [2.24, 2.45) is 0 Å². The first-order valence-corrected chi connectivity index (χ1v) is 10.1. The van der Waals surface area contributed by atoms with Crippen LogP contribution in [0.5, 0.6) is 5.75 Å². The largest absolute Gasteiger partial charge is 0.492 e. The summed E-state index contributed by atoms with van der Waals surface area (Å²) in [7, 11) is 0. The molecule has 0 saturated carbocycles. The summed E-state index contributed by atoms with van der Waals surface area (Å²) in [6.45, 7) is 7.41. The predicted octanol–water partition coefficient (Wildman–Crippen LogP) is 3.03. The fourth-order valence-corrected chi connectivity index (χ4v) is 3.47. The number of rotatable bonds is 7. The second kappa shape index (κ2) is 9.13. The van der Waals surface area contributed by atoms with E-state index in [-0.39, 0.29) is 5.69 Å². The summed E-state index contributed by atoms with van der Waals surface area (Å²) in [5.74, 6) is -0.767. The van der Waals surface area contributed by atoms with Gasteiger partial charge in [0.05, 0.1) is 6.20 Å². The molecule has 31 heavy (non-hydrogen) atoms. The van der Waals surface area contributed by atoms with Crippen molar-refractivity contribution in [1.29, 1.82) is 0 Å². The highest BCUT2D eigenvalue weighted by Gasteiger charge is 2.18. The fourth-order valence-electron chi connectivity index (χ4n) is 3.47. The number of anilines is 1. The molecule has 0 spiro atoms. The van der Waals surface area contributed by atoms with Crippen LogP contribution in [-0.2, 0) is 0 Å². The van der Waals surface area contributed by atoms with Gasteiger partial charge in [-0.05, 0) is 51.6 Å². The number of nitrogens with one attached hydrogen (secondary N) is 1. The Kier molecular flexibility index (Phi) is 6.13. The van der Waals surface area contributed by atoms with Crippen LogP contribution in [0.1, 0.15) is 28.3 Å². The van der Waals surface area contributed by atoms with E-state index in [4.69, 9.17) is 4.74 Å². The SMILES string of the molecule is Cc1ncnc(C)c1-c1cc(NC(=O)c2ncncc2F)ccc1OCCN1CCC1. The van der Waals surface area contributed by atoms with Gasteiger partial charge in [-0.1, -0.05) is 0 Å². The second-order valence-electron chi connectivity index (χ2n) is 7.35. The number of halogens is 1. The molecular weight excluding hydrogens is 399 g/mol. The smallest absolute Gasteiger partial charge is 0.277 e. The van der Waals surface area contributed by atoms with Crippen LogP contribution in [0.4, 0.5) is 10.1 Å². The van der Waals surface area contributed by atoms with Gasteiger partial charge in [-0.25, -0.2) is 24.3 Å². The van der Waals surface area contributed by atoms with Crippen LogP contribution in [0.15, 0.2) is 37.1 Å². The van der Waals surface area contributed by atoms with Crippen LogP contribution < -0.4 is 10.1 Å². The number of carbonyl (C=O) groups excluding carboxylic acids is 1. The van der Waals surface area contributed by atoms with Gasteiger partial charge < -0.3 is 10.1 Å². The standard InChI is InChI=1S/C22H23FN6O2/c1-14-20(15(2)26-13-25-14)17-10-16(28-22(30)21-18(23)11-24-12-27-21)4-5-19(17)31-9-8-29-6-3-7-29/h4-5,10-13H,3,6-9H2,1-2H3,(H,28,30). The van der Waals surface area contributed by atoms with E-state index in [1.165, 1.54) is 12.7 Å². The Labute approximate surface area is 179 Å². The average Bonchev–Trinajstić information content (AvgIpc) is 2.71. The van der Waals surface area contributed by atoms with E-state index in [9.17, 15) is 9.18 Å². The molecule has 0 radical (unpaired) electrons. The van der Waals surface area contributed by atoms with Crippen molar-refractivity contribution in [3.05, 3.63) is 59.9 Å². The molecule has 3 heterocycles. The quantitative estimate of drug-likeness (QED) is 0.626. The number of hydrogen-bond donors (Lipinski definition) is 1. The third kappa shape index (κ3) is 4.66. The first-order chi connectivity index (χ1) is 15.0. The van der Waals surface area contributed by atoms with Gasteiger partial charge in [0.15, 0.2) is 11.5 Å². The number of nitrogens with zero attached hydrogens (tertiary/aromatic N) is 5. The second-order valence-corrected chi connectivity index (χ2v) is 7.35. The van der Waals surface area contributed by atoms with Gasteiger partial charge in [-0.15, -0.1) is 0 Å². The van der Waals surface area contributed by atoms with Crippen LogP contribution in [-0.4, -0.2) is 57.0 Å². The number of aryl methyl sites for hydroxylation is 2. The molecule has 1 fully saturated rings. The predicted molar refractivity (Wildman–Crippen MR) is 113 cm³/mol. The summed E-state index contributed by atoms with van der Waals surface area (Å²) in [5.41, 5.74) is 3.36. The molecule has 9 heteroatoms. The molecule has 3 aromatic rings. The zero-order chi connectivity index (χ0) is 21.8. The maximum Gasteiger partial charge on any atom is 0.277 e. The molecule has 1 N–H and O–H groups in total. The minimum atomic E-state index is -0.783. The third-order valence-electron chi connectivity index (χ3n) is 5.23. The van der Waals surface area contributed by atoms with Crippen molar-refractivity contribution in [2.75, 3.05) is 31.6 Å². The molecule has 0 unspecified atom stereocenters. The summed E-state index contributed by atoms with van der Waals surface area (Å²) in [6.07, 6.45) is 4.83. The van der Waals surface area contributed by atoms with Crippen LogP contribution >= 0.6 is 0 Å². The Morgan fingerprint density at radius 3 is 2.61 bits per heavy atom. The Morgan fingerprint density at radius 2 is 1.94 bits per heavy atom. The zero-order valence-corrected chi connectivity index (χ0v) is 17.4.